The molecule has 0 saturated carbocycles. The molecule has 1 aliphatic rings. The highest BCUT2D eigenvalue weighted by Gasteiger charge is 2.18. The van der Waals surface area contributed by atoms with Crippen molar-refractivity contribution < 1.29 is 0 Å². The Balaban J connectivity index is 2.18. The summed E-state index contributed by atoms with van der Waals surface area (Å²) in [4.78, 5) is 0. The van der Waals surface area contributed by atoms with Crippen LogP contribution in [0.15, 0.2) is 24.3 Å². The molecular weight excluding hydrogens is 170 g/mol. The molecule has 14 heavy (non-hydrogen) atoms. The molecule has 1 aliphatic carbocycles. The molecule has 0 aliphatic heterocycles. The highest BCUT2D eigenvalue weighted by molar-refractivity contribution is 5.32. The first-order valence-electron chi connectivity index (χ1n) is 5.16. The molecule has 0 fully saturated rings. The molecule has 0 spiro atoms. The van der Waals surface area contributed by atoms with Gasteiger partial charge in [0.15, 0.2) is 0 Å². The highest BCUT2D eigenvalue weighted by atomic mass is 14.9. The predicted molar refractivity (Wildman–Crippen MR) is 59.0 cm³/mol. The topological polar surface area (TPSA) is 12.0 Å². The second kappa shape index (κ2) is 4.30. The van der Waals surface area contributed by atoms with Crippen molar-refractivity contribution in [3.63, 3.8) is 0 Å². The molecule has 1 heteroatoms. The van der Waals surface area contributed by atoms with Crippen LogP contribution in [0.25, 0.3) is 0 Å². The first-order valence-corrected chi connectivity index (χ1v) is 5.16. The van der Waals surface area contributed by atoms with Crippen LogP contribution in [0.4, 0.5) is 0 Å². The number of hydrogen-bond donors (Lipinski definition) is 1. The van der Waals surface area contributed by atoms with Crippen LogP contribution in [0.2, 0.25) is 0 Å². The summed E-state index contributed by atoms with van der Waals surface area (Å²) in [6.07, 6.45) is 8.94. The zero-order chi connectivity index (χ0) is 9.80. The van der Waals surface area contributed by atoms with E-state index in [-0.39, 0.29) is 0 Å². The molecule has 0 amide bonds. The van der Waals surface area contributed by atoms with Gasteiger partial charge in [-0.1, -0.05) is 30.2 Å². The van der Waals surface area contributed by atoms with Crippen molar-refractivity contribution in [2.45, 2.75) is 25.3 Å². The zero-order valence-corrected chi connectivity index (χ0v) is 8.29. The van der Waals surface area contributed by atoms with Gasteiger partial charge in [-0.25, -0.2) is 0 Å². The van der Waals surface area contributed by atoms with E-state index in [1.807, 2.05) is 0 Å². The monoisotopic (exact) mass is 185 g/mol. The van der Waals surface area contributed by atoms with Crippen molar-refractivity contribution in [2.75, 3.05) is 6.54 Å². The van der Waals surface area contributed by atoms with E-state index in [1.54, 1.807) is 0 Å². The van der Waals surface area contributed by atoms with Gasteiger partial charge in [0.25, 0.3) is 0 Å². The summed E-state index contributed by atoms with van der Waals surface area (Å²) in [5.74, 6) is 2.63. The lowest BCUT2D eigenvalue weighted by atomic mass is 9.88. The number of nitrogens with one attached hydrogen (secondary N) is 1. The molecule has 0 unspecified atom stereocenters. The standard InChI is InChI=1S/C13H15N/c1-2-10-14-13-9-5-7-11-6-3-4-8-12(11)13/h1,3-4,6,8,13-14H,5,7,9-10H2/t13-/m1/s1. The lowest BCUT2D eigenvalue weighted by Gasteiger charge is -2.25. The summed E-state index contributed by atoms with van der Waals surface area (Å²) in [7, 11) is 0. The van der Waals surface area contributed by atoms with Gasteiger partial charge in [0, 0.05) is 6.04 Å². The van der Waals surface area contributed by atoms with Gasteiger partial charge in [0.1, 0.15) is 0 Å². The molecule has 0 bridgehead atoms. The molecule has 0 aromatic heterocycles. The third-order valence-corrected chi connectivity index (χ3v) is 2.82. The van der Waals surface area contributed by atoms with Crippen LogP contribution >= 0.6 is 0 Å². The van der Waals surface area contributed by atoms with Crippen LogP contribution in [0.5, 0.6) is 0 Å². The average Bonchev–Trinajstić information content (AvgIpc) is 2.26. The van der Waals surface area contributed by atoms with E-state index < -0.39 is 0 Å². The minimum Gasteiger partial charge on any atom is -0.299 e. The maximum atomic E-state index is 5.25. The van der Waals surface area contributed by atoms with Crippen LogP contribution in [0.3, 0.4) is 0 Å². The molecule has 0 radical (unpaired) electrons. The number of fused-ring (bicyclic) bond motifs is 1. The Morgan fingerprint density at radius 1 is 1.43 bits per heavy atom. The van der Waals surface area contributed by atoms with Gasteiger partial charge in [-0.05, 0) is 30.4 Å². The van der Waals surface area contributed by atoms with Crippen LogP contribution in [-0.2, 0) is 6.42 Å². The highest BCUT2D eigenvalue weighted by Crippen LogP contribution is 2.28. The summed E-state index contributed by atoms with van der Waals surface area (Å²) in [6.45, 7) is 0.666. The Labute approximate surface area is 85.5 Å². The lowest BCUT2D eigenvalue weighted by molar-refractivity contribution is 0.483. The fourth-order valence-electron chi connectivity index (χ4n) is 2.15. The summed E-state index contributed by atoms with van der Waals surface area (Å²) in [5, 5.41) is 3.39. The first-order chi connectivity index (χ1) is 6.92. The average molecular weight is 185 g/mol. The molecule has 2 rings (SSSR count). The van der Waals surface area contributed by atoms with Gasteiger partial charge in [0.2, 0.25) is 0 Å². The number of rotatable bonds is 2. The van der Waals surface area contributed by atoms with Crippen molar-refractivity contribution in [2.24, 2.45) is 0 Å². The molecule has 1 N–H and O–H groups in total. The lowest BCUT2D eigenvalue weighted by Crippen LogP contribution is -2.25. The molecular formula is C13H15N. The Morgan fingerprint density at radius 2 is 2.29 bits per heavy atom. The number of aryl methyl sites for hydroxylation is 1. The van der Waals surface area contributed by atoms with Crippen molar-refractivity contribution >= 4 is 0 Å². The fraction of sp³-hybridized carbons (Fsp3) is 0.385. The van der Waals surface area contributed by atoms with Crippen LogP contribution in [0.1, 0.15) is 30.0 Å². The molecule has 0 saturated heterocycles. The normalized spacial score (nSPS) is 19.8. The van der Waals surface area contributed by atoms with Crippen LogP contribution in [-0.4, -0.2) is 6.54 Å². The molecule has 1 aromatic carbocycles. The van der Waals surface area contributed by atoms with E-state index in [1.165, 1.54) is 30.4 Å². The minimum absolute atomic E-state index is 0.469. The maximum absolute atomic E-state index is 5.25. The molecule has 1 atom stereocenters. The summed E-state index contributed by atoms with van der Waals surface area (Å²) in [6, 6.07) is 9.12. The van der Waals surface area contributed by atoms with Gasteiger partial charge in [-0.15, -0.1) is 6.42 Å². The molecule has 72 valence electrons. The van der Waals surface area contributed by atoms with E-state index in [4.69, 9.17) is 6.42 Å². The summed E-state index contributed by atoms with van der Waals surface area (Å²) in [5.41, 5.74) is 2.92. The number of terminal acetylenes is 1. The summed E-state index contributed by atoms with van der Waals surface area (Å²) >= 11 is 0. The Morgan fingerprint density at radius 3 is 3.14 bits per heavy atom. The zero-order valence-electron chi connectivity index (χ0n) is 8.29. The SMILES string of the molecule is C#CCN[C@@H]1CCCc2ccccc21. The first kappa shape index (κ1) is 9.30. The molecule has 0 heterocycles. The Hall–Kier alpha value is -1.26. The number of hydrogen-bond acceptors (Lipinski definition) is 1. The Bertz CT molecular complexity index is 348. The molecule has 1 nitrogen and oxygen atoms in total. The van der Waals surface area contributed by atoms with E-state index in [9.17, 15) is 0 Å². The van der Waals surface area contributed by atoms with Gasteiger partial charge < -0.3 is 0 Å². The second-order valence-corrected chi connectivity index (χ2v) is 3.73. The van der Waals surface area contributed by atoms with E-state index >= 15 is 0 Å². The largest absolute Gasteiger partial charge is 0.299 e. The van der Waals surface area contributed by atoms with Gasteiger partial charge in [0.05, 0.1) is 6.54 Å². The van der Waals surface area contributed by atoms with E-state index in [2.05, 4.69) is 35.5 Å². The fourth-order valence-corrected chi connectivity index (χ4v) is 2.15. The van der Waals surface area contributed by atoms with Crippen molar-refractivity contribution in [3.05, 3.63) is 35.4 Å². The maximum Gasteiger partial charge on any atom is 0.0578 e. The molecule has 1 aromatic rings. The van der Waals surface area contributed by atoms with Gasteiger partial charge in [-0.3, -0.25) is 5.32 Å². The van der Waals surface area contributed by atoms with E-state index in [0.717, 1.165) is 0 Å². The summed E-state index contributed by atoms with van der Waals surface area (Å²) < 4.78 is 0. The van der Waals surface area contributed by atoms with Gasteiger partial charge >= 0.3 is 0 Å². The van der Waals surface area contributed by atoms with Crippen LogP contribution in [0, 0.1) is 12.3 Å². The number of benzene rings is 1. The quantitative estimate of drug-likeness (QED) is 0.697. The van der Waals surface area contributed by atoms with Crippen molar-refractivity contribution in [3.8, 4) is 12.3 Å². The van der Waals surface area contributed by atoms with Gasteiger partial charge in [-0.2, -0.15) is 0 Å². The van der Waals surface area contributed by atoms with E-state index in [0.29, 0.717) is 12.6 Å². The van der Waals surface area contributed by atoms with Crippen LogP contribution < -0.4 is 5.32 Å². The second-order valence-electron chi connectivity index (χ2n) is 3.73. The third-order valence-electron chi connectivity index (χ3n) is 2.82. The Kier molecular flexibility index (Phi) is 2.86. The predicted octanol–water partition coefficient (Wildman–Crippen LogP) is 2.29. The smallest absolute Gasteiger partial charge is 0.0578 e. The van der Waals surface area contributed by atoms with Crippen molar-refractivity contribution in [1.82, 2.24) is 5.32 Å². The minimum atomic E-state index is 0.469. The van der Waals surface area contributed by atoms with Crippen molar-refractivity contribution in [1.29, 1.82) is 0 Å². The third kappa shape index (κ3) is 1.81.